The van der Waals surface area contributed by atoms with Crippen molar-refractivity contribution in [2.24, 2.45) is 0 Å². The number of fused-ring (bicyclic) bond motifs is 2. The molecule has 2 aliphatic heterocycles. The molecule has 4 heterocycles. The third-order valence-electron chi connectivity index (χ3n) is 6.36. The number of hydrogen-bond acceptors (Lipinski definition) is 6. The van der Waals surface area contributed by atoms with Crippen molar-refractivity contribution in [1.82, 2.24) is 10.3 Å². The van der Waals surface area contributed by atoms with Gasteiger partial charge < -0.3 is 14.8 Å². The minimum atomic E-state index is -0.606. The number of carbonyl (C=O) groups excluding carboxylic acids is 2. The highest BCUT2D eigenvalue weighted by atomic mass is 32.1. The summed E-state index contributed by atoms with van der Waals surface area (Å²) < 4.78 is 11.0. The van der Waals surface area contributed by atoms with Gasteiger partial charge in [-0.05, 0) is 63.8 Å². The van der Waals surface area contributed by atoms with Gasteiger partial charge in [0.2, 0.25) is 12.7 Å². The molecular formula is C27H21N3O4S. The lowest BCUT2D eigenvalue weighted by Crippen LogP contribution is -2.47. The van der Waals surface area contributed by atoms with Crippen LogP contribution in [0.5, 0.6) is 11.5 Å². The van der Waals surface area contributed by atoms with E-state index in [9.17, 15) is 9.59 Å². The molecule has 2 amide bonds. The highest BCUT2D eigenvalue weighted by Crippen LogP contribution is 2.47. The number of hydrogen-bond donors (Lipinski definition) is 1. The van der Waals surface area contributed by atoms with Crippen molar-refractivity contribution >= 4 is 28.8 Å². The van der Waals surface area contributed by atoms with Crippen molar-refractivity contribution in [1.29, 1.82) is 0 Å². The number of thiophene rings is 1. The van der Waals surface area contributed by atoms with Crippen LogP contribution in [0.2, 0.25) is 0 Å². The van der Waals surface area contributed by atoms with Crippen molar-refractivity contribution in [3.63, 3.8) is 0 Å². The fraction of sp³-hybridized carbons (Fsp3) is 0.148. The zero-order valence-corrected chi connectivity index (χ0v) is 19.4. The molecule has 2 atom stereocenters. The number of rotatable bonds is 5. The van der Waals surface area contributed by atoms with Crippen LogP contribution in [-0.4, -0.2) is 23.6 Å². The van der Waals surface area contributed by atoms with Crippen LogP contribution < -0.4 is 19.7 Å². The molecule has 0 spiro atoms. The Morgan fingerprint density at radius 3 is 2.71 bits per heavy atom. The molecule has 0 unspecified atom stereocenters. The van der Waals surface area contributed by atoms with E-state index in [2.05, 4.69) is 10.3 Å². The predicted molar refractivity (Wildman–Crippen MR) is 132 cm³/mol. The zero-order chi connectivity index (χ0) is 23.8. The minimum Gasteiger partial charge on any atom is -0.454 e. The first kappa shape index (κ1) is 21.4. The van der Waals surface area contributed by atoms with Gasteiger partial charge in [0.1, 0.15) is 0 Å². The summed E-state index contributed by atoms with van der Waals surface area (Å²) >= 11 is 1.54. The average molecular weight is 484 g/mol. The van der Waals surface area contributed by atoms with Crippen LogP contribution in [0.25, 0.3) is 0 Å². The summed E-state index contributed by atoms with van der Waals surface area (Å²) in [4.78, 5) is 33.4. The van der Waals surface area contributed by atoms with Gasteiger partial charge in [-0.25, -0.2) is 0 Å². The van der Waals surface area contributed by atoms with Crippen molar-refractivity contribution < 1.29 is 19.1 Å². The van der Waals surface area contributed by atoms with E-state index in [0.29, 0.717) is 29.3 Å². The van der Waals surface area contributed by atoms with E-state index in [1.807, 2.05) is 53.2 Å². The van der Waals surface area contributed by atoms with Crippen LogP contribution in [0, 0.1) is 0 Å². The summed E-state index contributed by atoms with van der Waals surface area (Å²) in [6.45, 7) is 0.512. The summed E-state index contributed by atoms with van der Waals surface area (Å²) in [6, 6.07) is 18.0. The topological polar surface area (TPSA) is 80.8 Å². The number of benzene rings is 2. The summed E-state index contributed by atoms with van der Waals surface area (Å²) in [6.07, 6.45) is 3.40. The first-order valence-electron chi connectivity index (χ1n) is 11.2. The maximum Gasteiger partial charge on any atom is 0.259 e. The number of ether oxygens (including phenoxy) is 2. The second-order valence-electron chi connectivity index (χ2n) is 8.35. The summed E-state index contributed by atoms with van der Waals surface area (Å²) in [5.41, 5.74) is 3.74. The van der Waals surface area contributed by atoms with Crippen LogP contribution in [0.4, 0.5) is 5.69 Å². The number of nitrogens with one attached hydrogen (secondary N) is 1. The predicted octanol–water partition coefficient (Wildman–Crippen LogP) is 4.67. The second-order valence-corrected chi connectivity index (χ2v) is 9.13. The molecule has 2 aliphatic rings. The highest BCUT2D eigenvalue weighted by Gasteiger charge is 2.45. The minimum absolute atomic E-state index is 0.142. The summed E-state index contributed by atoms with van der Waals surface area (Å²) in [5.74, 6) is 0.303. The van der Waals surface area contributed by atoms with Crippen LogP contribution in [-0.2, 0) is 11.3 Å². The number of carbonyl (C=O) groups is 2. The van der Waals surface area contributed by atoms with Gasteiger partial charge in [-0.3, -0.25) is 19.5 Å². The lowest BCUT2D eigenvalue weighted by Gasteiger charge is -2.41. The van der Waals surface area contributed by atoms with Gasteiger partial charge in [-0.2, -0.15) is 11.3 Å². The van der Waals surface area contributed by atoms with Gasteiger partial charge in [-0.15, -0.1) is 0 Å². The standard InChI is InChI=1S/C27H21N3O4S/c31-26(29-14-17-7-10-28-11-8-17)24-20-3-1-2-4-21(20)27(32)30(25(24)18-9-12-35-15-18)19-5-6-22-23(13-19)34-16-33-22/h1-13,15,24-25H,14,16H2,(H,29,31)/t24-,25-/m1/s1. The number of anilines is 1. The molecule has 6 rings (SSSR count). The maximum atomic E-state index is 13.9. The monoisotopic (exact) mass is 483 g/mol. The largest absolute Gasteiger partial charge is 0.454 e. The Bertz CT molecular complexity index is 1390. The third-order valence-corrected chi connectivity index (χ3v) is 7.06. The Morgan fingerprint density at radius 2 is 1.89 bits per heavy atom. The van der Waals surface area contributed by atoms with E-state index in [-0.39, 0.29) is 18.6 Å². The SMILES string of the molecule is O=C(NCc1ccncc1)[C@@H]1c2ccccc2C(=O)N(c2ccc3c(c2)OCO3)[C@@H]1c1ccsc1. The number of nitrogens with zero attached hydrogens (tertiary/aromatic N) is 2. The fourth-order valence-electron chi connectivity index (χ4n) is 4.72. The Balaban J connectivity index is 1.46. The van der Waals surface area contributed by atoms with Crippen LogP contribution in [0.15, 0.2) is 83.8 Å². The molecule has 35 heavy (non-hydrogen) atoms. The fourth-order valence-corrected chi connectivity index (χ4v) is 5.41. The molecule has 0 saturated carbocycles. The van der Waals surface area contributed by atoms with Gasteiger partial charge in [0.05, 0.1) is 12.0 Å². The third kappa shape index (κ3) is 3.81. The number of amides is 2. The van der Waals surface area contributed by atoms with Gasteiger partial charge in [-0.1, -0.05) is 18.2 Å². The lowest BCUT2D eigenvalue weighted by molar-refractivity contribution is -0.123. The molecule has 2 aromatic carbocycles. The van der Waals surface area contributed by atoms with Crippen molar-refractivity contribution in [2.45, 2.75) is 18.5 Å². The molecule has 0 bridgehead atoms. The van der Waals surface area contributed by atoms with E-state index in [4.69, 9.17) is 9.47 Å². The molecule has 0 aliphatic carbocycles. The Kier molecular flexibility index (Phi) is 5.42. The molecule has 174 valence electrons. The molecule has 1 N–H and O–H groups in total. The Labute approximate surface area is 206 Å². The van der Waals surface area contributed by atoms with Crippen LogP contribution >= 0.6 is 11.3 Å². The first-order valence-corrected chi connectivity index (χ1v) is 12.2. The first-order chi connectivity index (χ1) is 17.2. The van der Waals surface area contributed by atoms with Crippen molar-refractivity contribution in [3.05, 3.63) is 106 Å². The van der Waals surface area contributed by atoms with E-state index in [1.165, 1.54) is 11.3 Å². The Hall–Kier alpha value is -4.17. The normalized spacial score (nSPS) is 18.3. The molecule has 0 saturated heterocycles. The van der Waals surface area contributed by atoms with E-state index >= 15 is 0 Å². The quantitative estimate of drug-likeness (QED) is 0.446. The van der Waals surface area contributed by atoms with Gasteiger partial charge >= 0.3 is 0 Å². The smallest absolute Gasteiger partial charge is 0.259 e. The van der Waals surface area contributed by atoms with Crippen molar-refractivity contribution in [2.75, 3.05) is 11.7 Å². The highest BCUT2D eigenvalue weighted by molar-refractivity contribution is 7.08. The molecule has 4 aromatic rings. The van der Waals surface area contributed by atoms with Gasteiger partial charge in [0.25, 0.3) is 5.91 Å². The summed E-state index contributed by atoms with van der Waals surface area (Å²) in [5, 5.41) is 7.04. The van der Waals surface area contributed by atoms with Crippen LogP contribution in [0.3, 0.4) is 0 Å². The lowest BCUT2D eigenvalue weighted by atomic mass is 9.79. The van der Waals surface area contributed by atoms with E-state index in [1.54, 1.807) is 35.5 Å². The van der Waals surface area contributed by atoms with Gasteiger partial charge in [0.15, 0.2) is 11.5 Å². The molecule has 2 aromatic heterocycles. The van der Waals surface area contributed by atoms with E-state index in [0.717, 1.165) is 16.7 Å². The zero-order valence-electron chi connectivity index (χ0n) is 18.6. The van der Waals surface area contributed by atoms with E-state index < -0.39 is 12.0 Å². The molecule has 8 heteroatoms. The molecular weight excluding hydrogens is 462 g/mol. The average Bonchev–Trinajstić information content (AvgIpc) is 3.60. The number of aromatic nitrogens is 1. The number of pyridine rings is 1. The van der Waals surface area contributed by atoms with Gasteiger partial charge in [0, 0.05) is 36.3 Å². The molecule has 7 nitrogen and oxygen atoms in total. The van der Waals surface area contributed by atoms with Crippen molar-refractivity contribution in [3.8, 4) is 11.5 Å². The molecule has 0 radical (unpaired) electrons. The second kappa shape index (κ2) is 8.88. The maximum absolute atomic E-state index is 13.9. The Morgan fingerprint density at radius 1 is 1.06 bits per heavy atom. The molecule has 0 fully saturated rings. The van der Waals surface area contributed by atoms with Crippen LogP contribution in [0.1, 0.15) is 39.0 Å². The summed E-state index contributed by atoms with van der Waals surface area (Å²) in [7, 11) is 0.